The number of ether oxygens (including phenoxy) is 3. The number of hydrogen-bond acceptors (Lipinski definition) is 9. The van der Waals surface area contributed by atoms with Crippen molar-refractivity contribution in [3.05, 3.63) is 77.5 Å². The van der Waals surface area contributed by atoms with Crippen LogP contribution in [0.2, 0.25) is 0 Å². The minimum Gasteiger partial charge on any atom is -0.473 e. The molecule has 264 valence electrons. The molecule has 2 aliphatic rings. The Morgan fingerprint density at radius 3 is 2.54 bits per heavy atom. The fourth-order valence-electron chi connectivity index (χ4n) is 6.68. The molecule has 1 aromatic carbocycles. The smallest absolute Gasteiger partial charge is 0.408 e. The molecule has 0 N–H and O–H groups in total. The molecule has 0 bridgehead atoms. The van der Waals surface area contributed by atoms with E-state index in [1.807, 2.05) is 38.1 Å². The summed E-state index contributed by atoms with van der Waals surface area (Å²) in [6.07, 6.45) is -0.326. The summed E-state index contributed by atoms with van der Waals surface area (Å²) in [6, 6.07) is 14.5. The highest BCUT2D eigenvalue weighted by molar-refractivity contribution is 5.90. The van der Waals surface area contributed by atoms with E-state index in [0.29, 0.717) is 29.0 Å². The van der Waals surface area contributed by atoms with Gasteiger partial charge in [-0.1, -0.05) is 18.2 Å². The normalized spacial score (nSPS) is 18.1. The number of halogens is 3. The van der Waals surface area contributed by atoms with E-state index < -0.39 is 18.7 Å². The minimum atomic E-state index is -4.36. The average Bonchev–Trinajstić information content (AvgIpc) is 3.64. The predicted molar refractivity (Wildman–Crippen MR) is 179 cm³/mol. The average molecular weight is 692 g/mol. The fourth-order valence-corrected chi connectivity index (χ4v) is 6.68. The van der Waals surface area contributed by atoms with E-state index in [9.17, 15) is 18.0 Å². The Morgan fingerprint density at radius 2 is 1.82 bits per heavy atom. The van der Waals surface area contributed by atoms with E-state index in [1.54, 1.807) is 24.3 Å². The van der Waals surface area contributed by atoms with Crippen LogP contribution in [0.15, 0.2) is 54.7 Å². The van der Waals surface area contributed by atoms with Crippen molar-refractivity contribution in [2.75, 3.05) is 19.7 Å². The molecular formula is C36H40F3N7O4. The van der Waals surface area contributed by atoms with Crippen LogP contribution < -0.4 is 4.74 Å². The van der Waals surface area contributed by atoms with Gasteiger partial charge in [-0.3, -0.25) is 9.58 Å². The Bertz CT molecular complexity index is 1980. The number of nitrogens with zero attached hydrogens (tertiary/aromatic N) is 7. The number of pyridine rings is 2. The van der Waals surface area contributed by atoms with Crippen molar-refractivity contribution in [1.82, 2.24) is 34.2 Å². The van der Waals surface area contributed by atoms with Crippen molar-refractivity contribution >= 4 is 28.0 Å². The molecule has 0 aliphatic carbocycles. The van der Waals surface area contributed by atoms with E-state index in [2.05, 4.69) is 21.5 Å². The molecule has 0 saturated carbocycles. The Hall–Kier alpha value is -4.56. The van der Waals surface area contributed by atoms with Crippen molar-refractivity contribution in [3.63, 3.8) is 0 Å². The topological polar surface area (TPSA) is 109 Å². The molecule has 14 heteroatoms. The van der Waals surface area contributed by atoms with Gasteiger partial charge in [-0.05, 0) is 83.0 Å². The number of rotatable bonds is 11. The van der Waals surface area contributed by atoms with Crippen LogP contribution >= 0.6 is 0 Å². The summed E-state index contributed by atoms with van der Waals surface area (Å²) in [5.74, 6) is 1.15. The summed E-state index contributed by atoms with van der Waals surface area (Å²) >= 11 is 0. The lowest BCUT2D eigenvalue weighted by atomic mass is 9.92. The maximum Gasteiger partial charge on any atom is 0.408 e. The number of esters is 1. The molecule has 0 amide bonds. The Morgan fingerprint density at radius 1 is 1.02 bits per heavy atom. The van der Waals surface area contributed by atoms with Gasteiger partial charge in [-0.15, -0.1) is 0 Å². The maximum absolute atomic E-state index is 13.0. The Kier molecular flexibility index (Phi) is 9.49. The second-order valence-electron chi connectivity index (χ2n) is 13.3. The number of carbonyl (C=O) groups excluding carboxylic acids is 1. The Balaban J connectivity index is 1.01. The van der Waals surface area contributed by atoms with Crippen molar-refractivity contribution in [1.29, 1.82) is 0 Å². The number of carbonyl (C=O) groups is 1. The number of benzene rings is 1. The number of hydrogen-bond donors (Lipinski definition) is 0. The molecule has 2 saturated heterocycles. The number of aromatic nitrogens is 6. The van der Waals surface area contributed by atoms with E-state index in [1.165, 1.54) is 6.20 Å². The standard InChI is InChI=1S/C36H40F3N7O4/c1-22(2)50-35(47)30-10-9-29-34(43-30)45(19-27-13-16-48-27)33(42-29)23(3)44-14-11-25(12-15-44)28-5-4-6-32(41-28)49-20-24-7-8-26-18-40-46(31(26)17-24)21-36(37,38)39/h4-10,17-18,22-23,25,27H,11-16,19-21H2,1-3H3. The van der Waals surface area contributed by atoms with Crippen LogP contribution in [0.1, 0.15) is 79.6 Å². The van der Waals surface area contributed by atoms with E-state index in [4.69, 9.17) is 29.2 Å². The molecular weight excluding hydrogens is 651 g/mol. The molecule has 2 unspecified atom stereocenters. The first-order chi connectivity index (χ1) is 24.0. The highest BCUT2D eigenvalue weighted by Crippen LogP contribution is 2.34. The minimum absolute atomic E-state index is 0.00342. The summed E-state index contributed by atoms with van der Waals surface area (Å²) in [7, 11) is 0. The highest BCUT2D eigenvalue weighted by Gasteiger charge is 2.31. The quantitative estimate of drug-likeness (QED) is 0.141. The van der Waals surface area contributed by atoms with Gasteiger partial charge in [0.15, 0.2) is 11.3 Å². The van der Waals surface area contributed by atoms with Gasteiger partial charge >= 0.3 is 12.1 Å². The highest BCUT2D eigenvalue weighted by atomic mass is 19.4. The summed E-state index contributed by atoms with van der Waals surface area (Å²) < 4.78 is 59.2. The number of alkyl halides is 3. The predicted octanol–water partition coefficient (Wildman–Crippen LogP) is 6.61. The zero-order valence-corrected chi connectivity index (χ0v) is 28.3. The molecule has 6 heterocycles. The lowest BCUT2D eigenvalue weighted by Crippen LogP contribution is -2.37. The van der Waals surface area contributed by atoms with E-state index in [0.717, 1.165) is 66.2 Å². The van der Waals surface area contributed by atoms with Crippen molar-refractivity contribution in [2.24, 2.45) is 0 Å². The van der Waals surface area contributed by atoms with Crippen LogP contribution in [0.5, 0.6) is 5.88 Å². The third kappa shape index (κ3) is 7.46. The number of imidazole rings is 1. The molecule has 2 aliphatic heterocycles. The summed E-state index contributed by atoms with van der Waals surface area (Å²) in [5.41, 5.74) is 3.74. The number of fused-ring (bicyclic) bond motifs is 2. The van der Waals surface area contributed by atoms with Crippen molar-refractivity contribution in [2.45, 2.75) is 90.1 Å². The first-order valence-corrected chi connectivity index (χ1v) is 17.1. The fraction of sp³-hybridized carbons (Fsp3) is 0.472. The second-order valence-corrected chi connectivity index (χ2v) is 13.3. The molecule has 4 aromatic heterocycles. The molecule has 2 atom stereocenters. The van der Waals surface area contributed by atoms with Crippen molar-refractivity contribution < 1.29 is 32.2 Å². The van der Waals surface area contributed by atoms with Crippen LogP contribution in [0.4, 0.5) is 13.2 Å². The van der Waals surface area contributed by atoms with Crippen LogP contribution in [0.3, 0.4) is 0 Å². The third-order valence-electron chi connectivity index (χ3n) is 9.39. The molecule has 0 radical (unpaired) electrons. The Labute approximate surface area is 287 Å². The monoisotopic (exact) mass is 691 g/mol. The molecule has 2 fully saturated rings. The van der Waals surface area contributed by atoms with Gasteiger partial charge in [0.1, 0.15) is 24.5 Å². The third-order valence-corrected chi connectivity index (χ3v) is 9.39. The number of piperidine rings is 1. The summed E-state index contributed by atoms with van der Waals surface area (Å²) in [5, 5.41) is 4.53. The lowest BCUT2D eigenvalue weighted by molar-refractivity contribution is -0.141. The first kappa shape index (κ1) is 33.9. The summed E-state index contributed by atoms with van der Waals surface area (Å²) in [6.45, 7) is 7.84. The van der Waals surface area contributed by atoms with Crippen molar-refractivity contribution in [3.8, 4) is 5.88 Å². The molecule has 50 heavy (non-hydrogen) atoms. The zero-order valence-electron chi connectivity index (χ0n) is 28.3. The van der Waals surface area contributed by atoms with Crippen LogP contribution in [-0.2, 0) is 29.2 Å². The molecule has 0 spiro atoms. The molecule has 7 rings (SSSR count). The van der Waals surface area contributed by atoms with Gasteiger partial charge in [0.25, 0.3) is 0 Å². The van der Waals surface area contributed by atoms with Gasteiger partial charge < -0.3 is 18.8 Å². The van der Waals surface area contributed by atoms with Crippen LogP contribution in [-0.4, -0.2) is 78.2 Å². The van der Waals surface area contributed by atoms with E-state index in [-0.39, 0.29) is 36.5 Å². The van der Waals surface area contributed by atoms with Crippen LogP contribution in [0.25, 0.3) is 22.1 Å². The zero-order chi connectivity index (χ0) is 35.0. The van der Waals surface area contributed by atoms with Gasteiger partial charge in [0.2, 0.25) is 5.88 Å². The largest absolute Gasteiger partial charge is 0.473 e. The van der Waals surface area contributed by atoms with Gasteiger partial charge in [0, 0.05) is 29.7 Å². The van der Waals surface area contributed by atoms with Gasteiger partial charge in [-0.25, -0.2) is 19.7 Å². The lowest BCUT2D eigenvalue weighted by Gasteiger charge is -2.36. The summed E-state index contributed by atoms with van der Waals surface area (Å²) in [4.78, 5) is 29.6. The van der Waals surface area contributed by atoms with Crippen LogP contribution in [0, 0.1) is 0 Å². The number of likely N-dealkylation sites (tertiary alicyclic amines) is 1. The first-order valence-electron chi connectivity index (χ1n) is 17.1. The van der Waals surface area contributed by atoms with Gasteiger partial charge in [-0.2, -0.15) is 18.3 Å². The SMILES string of the molecule is CC(C)OC(=O)c1ccc2nc(C(C)N3CCC(c4cccc(OCc5ccc6cnn(CC(F)(F)F)c6c5)n4)CC3)n(CC3CCO3)c2n1. The molecule has 5 aromatic rings. The molecule has 11 nitrogen and oxygen atoms in total. The maximum atomic E-state index is 13.0. The second kappa shape index (κ2) is 14.0. The van der Waals surface area contributed by atoms with Gasteiger partial charge in [0.05, 0.1) is 36.5 Å². The van der Waals surface area contributed by atoms with E-state index >= 15 is 0 Å².